The first-order valence-electron chi connectivity index (χ1n) is 5.88. The summed E-state index contributed by atoms with van der Waals surface area (Å²) in [5.41, 5.74) is 6.15. The molecule has 2 N–H and O–H groups in total. The first kappa shape index (κ1) is 13.0. The van der Waals surface area contributed by atoms with E-state index >= 15 is 0 Å². The fraction of sp³-hybridized carbons (Fsp3) is 0.154. The minimum absolute atomic E-state index is 0.145. The van der Waals surface area contributed by atoms with E-state index in [2.05, 4.69) is 4.98 Å². The summed E-state index contributed by atoms with van der Waals surface area (Å²) in [6.07, 6.45) is 1.58. The van der Waals surface area contributed by atoms with Crippen molar-refractivity contribution in [3.8, 4) is 11.3 Å². The zero-order valence-electron chi connectivity index (χ0n) is 10.6. The fourth-order valence-corrected chi connectivity index (χ4v) is 3.17. The molecule has 102 valence electrons. The maximum absolute atomic E-state index is 12.6. The molecule has 0 atom stereocenters. The molecular formula is C13H11N3O2S2. The average molecular weight is 305 g/mol. The second-order valence-corrected chi connectivity index (χ2v) is 5.71. The van der Waals surface area contributed by atoms with Gasteiger partial charge in [0, 0.05) is 10.9 Å². The zero-order valence-corrected chi connectivity index (χ0v) is 12.3. The highest BCUT2D eigenvalue weighted by atomic mass is 32.1. The monoisotopic (exact) mass is 305 g/mol. The molecule has 0 aromatic carbocycles. The van der Waals surface area contributed by atoms with Crippen LogP contribution in [0.25, 0.3) is 21.5 Å². The van der Waals surface area contributed by atoms with Gasteiger partial charge in [0.2, 0.25) is 0 Å². The Labute approximate surface area is 123 Å². The lowest BCUT2D eigenvalue weighted by Crippen LogP contribution is -2.29. The van der Waals surface area contributed by atoms with Crippen LogP contribution < -0.4 is 11.3 Å². The van der Waals surface area contributed by atoms with Gasteiger partial charge in [-0.2, -0.15) is 0 Å². The van der Waals surface area contributed by atoms with Crippen molar-refractivity contribution in [3.05, 3.63) is 40.0 Å². The van der Waals surface area contributed by atoms with Crippen LogP contribution in [0.5, 0.6) is 0 Å². The van der Waals surface area contributed by atoms with Crippen LogP contribution in [0.15, 0.2) is 33.0 Å². The van der Waals surface area contributed by atoms with E-state index in [1.54, 1.807) is 19.3 Å². The predicted molar refractivity (Wildman–Crippen MR) is 83.1 cm³/mol. The number of furan rings is 1. The van der Waals surface area contributed by atoms with E-state index in [0.717, 1.165) is 5.56 Å². The van der Waals surface area contributed by atoms with Gasteiger partial charge in [-0.25, -0.2) is 4.98 Å². The smallest absolute Gasteiger partial charge is 0.263 e. The Kier molecular flexibility index (Phi) is 3.15. The van der Waals surface area contributed by atoms with Crippen LogP contribution in [0.4, 0.5) is 0 Å². The van der Waals surface area contributed by atoms with Gasteiger partial charge < -0.3 is 10.2 Å². The average Bonchev–Trinajstić information content (AvgIpc) is 3.01. The zero-order chi connectivity index (χ0) is 14.3. The highest BCUT2D eigenvalue weighted by Crippen LogP contribution is 2.31. The summed E-state index contributed by atoms with van der Waals surface area (Å²) in [5.74, 6) is 1.25. The summed E-state index contributed by atoms with van der Waals surface area (Å²) in [7, 11) is 0. The molecule has 0 amide bonds. The molecule has 3 heterocycles. The molecule has 20 heavy (non-hydrogen) atoms. The molecule has 0 bridgehead atoms. The molecule has 3 rings (SSSR count). The van der Waals surface area contributed by atoms with Gasteiger partial charge in [-0.3, -0.25) is 9.36 Å². The molecular weight excluding hydrogens is 294 g/mol. The molecule has 0 aliphatic heterocycles. The molecule has 0 radical (unpaired) electrons. The van der Waals surface area contributed by atoms with Crippen LogP contribution in [0.2, 0.25) is 0 Å². The number of thiocarbonyl (C=S) groups is 1. The lowest BCUT2D eigenvalue weighted by atomic mass is 10.2. The third-order valence-electron chi connectivity index (χ3n) is 2.99. The molecule has 0 saturated heterocycles. The Bertz CT molecular complexity index is 846. The molecule has 0 fully saturated rings. The largest absolute Gasteiger partial charge is 0.464 e. The van der Waals surface area contributed by atoms with Crippen LogP contribution in [-0.4, -0.2) is 14.5 Å². The van der Waals surface area contributed by atoms with Gasteiger partial charge in [0.15, 0.2) is 0 Å². The Balaban J connectivity index is 2.32. The maximum Gasteiger partial charge on any atom is 0.263 e. The highest BCUT2D eigenvalue weighted by Gasteiger charge is 2.16. The third kappa shape index (κ3) is 2.04. The number of aromatic nitrogens is 2. The molecule has 0 aliphatic rings. The summed E-state index contributed by atoms with van der Waals surface area (Å²) in [6, 6.07) is 3.60. The number of fused-ring (bicyclic) bond motifs is 1. The topological polar surface area (TPSA) is 74.0 Å². The van der Waals surface area contributed by atoms with E-state index in [1.807, 2.05) is 11.4 Å². The van der Waals surface area contributed by atoms with Crippen molar-refractivity contribution in [2.24, 2.45) is 5.73 Å². The number of hydrogen-bond acceptors (Lipinski definition) is 5. The quantitative estimate of drug-likeness (QED) is 0.752. The van der Waals surface area contributed by atoms with Crippen LogP contribution >= 0.6 is 23.6 Å². The van der Waals surface area contributed by atoms with Gasteiger partial charge in [-0.05, 0) is 19.1 Å². The van der Waals surface area contributed by atoms with E-state index in [9.17, 15) is 4.79 Å². The molecule has 3 aromatic heterocycles. The van der Waals surface area contributed by atoms with E-state index in [-0.39, 0.29) is 17.1 Å². The molecule has 0 unspecified atom stereocenters. The van der Waals surface area contributed by atoms with Crippen molar-refractivity contribution in [1.29, 1.82) is 0 Å². The fourth-order valence-electron chi connectivity index (χ4n) is 2.08. The lowest BCUT2D eigenvalue weighted by Gasteiger charge is -2.08. The number of aryl methyl sites for hydroxylation is 1. The van der Waals surface area contributed by atoms with Gasteiger partial charge in [0.05, 0.1) is 23.2 Å². The summed E-state index contributed by atoms with van der Waals surface area (Å²) >= 11 is 6.31. The second-order valence-electron chi connectivity index (χ2n) is 4.32. The lowest BCUT2D eigenvalue weighted by molar-refractivity contribution is 0.583. The number of thiophene rings is 1. The molecule has 0 saturated carbocycles. The van der Waals surface area contributed by atoms with Crippen LogP contribution in [0.3, 0.4) is 0 Å². The van der Waals surface area contributed by atoms with Gasteiger partial charge in [0.1, 0.15) is 16.4 Å². The first-order chi connectivity index (χ1) is 9.58. The summed E-state index contributed by atoms with van der Waals surface area (Å²) in [5, 5.41) is 2.43. The Morgan fingerprint density at radius 2 is 2.40 bits per heavy atom. The number of nitrogens with two attached hydrogens (primary N) is 1. The first-order valence-corrected chi connectivity index (χ1v) is 7.17. The Morgan fingerprint density at radius 3 is 3.05 bits per heavy atom. The minimum Gasteiger partial charge on any atom is -0.464 e. The number of nitrogens with zero attached hydrogens (tertiary/aromatic N) is 2. The Morgan fingerprint density at radius 1 is 1.60 bits per heavy atom. The van der Waals surface area contributed by atoms with Crippen molar-refractivity contribution in [1.82, 2.24) is 9.55 Å². The van der Waals surface area contributed by atoms with E-state index in [4.69, 9.17) is 22.4 Å². The predicted octanol–water partition coefficient (Wildman–Crippen LogP) is 2.31. The minimum atomic E-state index is -0.145. The van der Waals surface area contributed by atoms with E-state index in [0.29, 0.717) is 21.8 Å². The van der Waals surface area contributed by atoms with Crippen molar-refractivity contribution >= 4 is 38.8 Å². The van der Waals surface area contributed by atoms with Crippen molar-refractivity contribution in [3.63, 3.8) is 0 Å². The normalized spacial score (nSPS) is 11.1. The SMILES string of the molecule is Cc1nc2scc(-c3ccco3)c2c(=O)n1CC(N)=S. The van der Waals surface area contributed by atoms with Crippen LogP contribution in [0.1, 0.15) is 5.82 Å². The summed E-state index contributed by atoms with van der Waals surface area (Å²) < 4.78 is 6.86. The van der Waals surface area contributed by atoms with Crippen LogP contribution in [0, 0.1) is 6.92 Å². The van der Waals surface area contributed by atoms with Crippen molar-refractivity contribution < 1.29 is 4.42 Å². The summed E-state index contributed by atoms with van der Waals surface area (Å²) in [6.45, 7) is 1.96. The Hall–Kier alpha value is -1.99. The van der Waals surface area contributed by atoms with Crippen molar-refractivity contribution in [2.45, 2.75) is 13.5 Å². The number of hydrogen-bond donors (Lipinski definition) is 1. The summed E-state index contributed by atoms with van der Waals surface area (Å²) in [4.78, 5) is 18.0. The van der Waals surface area contributed by atoms with E-state index < -0.39 is 0 Å². The van der Waals surface area contributed by atoms with Crippen LogP contribution in [-0.2, 0) is 6.54 Å². The molecule has 0 aliphatic carbocycles. The molecule has 0 spiro atoms. The number of rotatable bonds is 3. The molecule has 5 nitrogen and oxygen atoms in total. The molecule has 7 heteroatoms. The van der Waals surface area contributed by atoms with Gasteiger partial charge >= 0.3 is 0 Å². The molecule has 3 aromatic rings. The third-order valence-corrected chi connectivity index (χ3v) is 3.99. The second kappa shape index (κ2) is 4.84. The van der Waals surface area contributed by atoms with E-state index in [1.165, 1.54) is 15.9 Å². The van der Waals surface area contributed by atoms with Gasteiger partial charge in [0.25, 0.3) is 5.56 Å². The van der Waals surface area contributed by atoms with Crippen molar-refractivity contribution in [2.75, 3.05) is 0 Å². The highest BCUT2D eigenvalue weighted by molar-refractivity contribution is 7.80. The van der Waals surface area contributed by atoms with Gasteiger partial charge in [-0.1, -0.05) is 12.2 Å². The standard InChI is InChI=1S/C13H11N3O2S2/c1-7-15-12-11(13(17)16(7)5-10(14)19)8(6-20-12)9-3-2-4-18-9/h2-4,6H,5H2,1H3,(H2,14,19). The van der Waals surface area contributed by atoms with Gasteiger partial charge in [-0.15, -0.1) is 11.3 Å². The maximum atomic E-state index is 12.6.